The molecule has 1 aromatic carbocycles. The van der Waals surface area contributed by atoms with Gasteiger partial charge in [-0.1, -0.05) is 29.8 Å². The number of halogens is 1. The fourth-order valence-corrected chi connectivity index (χ4v) is 6.51. The number of nitrogens with zero attached hydrogens (tertiary/aromatic N) is 2. The summed E-state index contributed by atoms with van der Waals surface area (Å²) in [7, 11) is -3.48. The average molecular weight is 459 g/mol. The normalized spacial score (nSPS) is 11.9. The Morgan fingerprint density at radius 3 is 2.50 bits per heavy atom. The van der Waals surface area contributed by atoms with E-state index in [1.54, 1.807) is 6.20 Å². The van der Waals surface area contributed by atoms with Crippen LogP contribution in [0, 0.1) is 13.8 Å². The van der Waals surface area contributed by atoms with Gasteiger partial charge in [0, 0.05) is 29.6 Å². The van der Waals surface area contributed by atoms with Crippen molar-refractivity contribution in [3.05, 3.63) is 74.8 Å². The first-order valence-corrected chi connectivity index (χ1v) is 12.3. The van der Waals surface area contributed by atoms with Crippen LogP contribution in [0.3, 0.4) is 0 Å². The second-order valence-corrected chi connectivity index (χ2v) is 10.5. The van der Waals surface area contributed by atoms with Crippen molar-refractivity contribution in [2.45, 2.75) is 25.2 Å². The number of aryl methyl sites for hydroxylation is 2. The molecule has 0 N–H and O–H groups in total. The van der Waals surface area contributed by atoms with Gasteiger partial charge in [0.2, 0.25) is 0 Å². The quantitative estimate of drug-likeness (QED) is 0.387. The highest BCUT2D eigenvalue weighted by atomic mass is 35.5. The van der Waals surface area contributed by atoms with Gasteiger partial charge in [0.25, 0.3) is 0 Å². The zero-order valence-electron chi connectivity index (χ0n) is 16.6. The molecule has 0 atom stereocenters. The predicted octanol–water partition coefficient (Wildman–Crippen LogP) is 5.16. The maximum Gasteiger partial charge on any atom is 0.180 e. The lowest BCUT2D eigenvalue weighted by molar-refractivity contribution is 0.0995. The molecule has 30 heavy (non-hydrogen) atoms. The van der Waals surface area contributed by atoms with Crippen molar-refractivity contribution >= 4 is 44.2 Å². The molecule has 0 aliphatic rings. The molecule has 4 rings (SSSR count). The number of thiophene rings is 1. The lowest BCUT2D eigenvalue weighted by Gasteiger charge is -2.11. The van der Waals surface area contributed by atoms with E-state index in [4.69, 9.17) is 11.6 Å². The number of carbonyl (C=O) groups excluding carboxylic acids is 1. The highest BCUT2D eigenvalue weighted by molar-refractivity contribution is 7.91. The molecule has 0 spiro atoms. The summed E-state index contributed by atoms with van der Waals surface area (Å²) in [5.41, 5.74) is 5.93. The summed E-state index contributed by atoms with van der Waals surface area (Å²) in [6.07, 6.45) is 4.71. The van der Waals surface area contributed by atoms with Crippen LogP contribution in [0.15, 0.2) is 53.0 Å². The first-order valence-electron chi connectivity index (χ1n) is 9.20. The zero-order valence-corrected chi connectivity index (χ0v) is 19.0. The van der Waals surface area contributed by atoms with Gasteiger partial charge in [-0.25, -0.2) is 13.4 Å². The number of hydrogen-bond acceptors (Lipinski definition) is 5. The van der Waals surface area contributed by atoms with Gasteiger partial charge in [-0.15, -0.1) is 11.3 Å². The maximum atomic E-state index is 12.9. The molecule has 0 aliphatic carbocycles. The number of rotatable bonds is 5. The van der Waals surface area contributed by atoms with Crippen LogP contribution in [-0.2, 0) is 16.3 Å². The average Bonchev–Trinajstić information content (AvgIpc) is 3.25. The Hall–Kier alpha value is -2.48. The number of benzene rings is 1. The maximum absolute atomic E-state index is 12.9. The van der Waals surface area contributed by atoms with Gasteiger partial charge in [0.05, 0.1) is 26.9 Å². The third kappa shape index (κ3) is 3.57. The molecule has 0 fully saturated rings. The fraction of sp³-hybridized carbons (Fsp3) is 0.182. The Morgan fingerprint density at radius 1 is 1.17 bits per heavy atom. The topological polar surface area (TPSA) is 68.5 Å². The first kappa shape index (κ1) is 20.8. The highest BCUT2D eigenvalue weighted by Crippen LogP contribution is 2.33. The molecule has 0 amide bonds. The second-order valence-electron chi connectivity index (χ2n) is 7.25. The van der Waals surface area contributed by atoms with Gasteiger partial charge in [-0.05, 0) is 42.7 Å². The van der Waals surface area contributed by atoms with Crippen molar-refractivity contribution in [1.82, 2.24) is 9.38 Å². The van der Waals surface area contributed by atoms with Crippen LogP contribution in [0.4, 0.5) is 0 Å². The van der Waals surface area contributed by atoms with Crippen molar-refractivity contribution in [2.24, 2.45) is 0 Å². The lowest BCUT2D eigenvalue weighted by atomic mass is 9.96. The number of imidazole rings is 1. The standard InChI is InChI=1S/C22H19ClN2O3S2/c1-13-6-4-7-14(2)19(13)16-8-5-9-25-15(11-24-22(16)25)10-17(26)21-20(23)18(12-29-21)30(3,27)28/h4-9,11-12H,10H2,1-3H3. The molecule has 0 aliphatic heterocycles. The van der Waals surface area contributed by atoms with Gasteiger partial charge in [-0.3, -0.25) is 4.79 Å². The summed E-state index contributed by atoms with van der Waals surface area (Å²) in [4.78, 5) is 17.7. The number of aromatic nitrogens is 2. The van der Waals surface area contributed by atoms with Crippen molar-refractivity contribution in [3.63, 3.8) is 0 Å². The van der Waals surface area contributed by atoms with Crippen molar-refractivity contribution in [2.75, 3.05) is 6.26 Å². The van der Waals surface area contributed by atoms with Crippen LogP contribution in [0.5, 0.6) is 0 Å². The summed E-state index contributed by atoms with van der Waals surface area (Å²) in [6, 6.07) is 10.1. The Balaban J connectivity index is 1.74. The smallest absolute Gasteiger partial charge is 0.180 e. The number of ketones is 1. The fourth-order valence-electron chi connectivity index (χ4n) is 3.64. The van der Waals surface area contributed by atoms with E-state index in [-0.39, 0.29) is 27.0 Å². The SMILES string of the molecule is Cc1cccc(C)c1-c1cccn2c(CC(=O)c3scc(S(C)(=O)=O)c3Cl)cnc12. The molecule has 0 radical (unpaired) electrons. The van der Waals surface area contributed by atoms with Crippen LogP contribution < -0.4 is 0 Å². The molecule has 154 valence electrons. The summed E-state index contributed by atoms with van der Waals surface area (Å²) in [5, 5.41) is 1.41. The van der Waals surface area contributed by atoms with Gasteiger partial charge in [0.1, 0.15) is 5.65 Å². The summed E-state index contributed by atoms with van der Waals surface area (Å²) < 4.78 is 25.5. The molecule has 5 nitrogen and oxygen atoms in total. The number of pyridine rings is 1. The zero-order chi connectivity index (χ0) is 21.6. The van der Waals surface area contributed by atoms with E-state index >= 15 is 0 Å². The van der Waals surface area contributed by atoms with Gasteiger partial charge >= 0.3 is 0 Å². The number of Topliss-reactive ketones (excluding diaryl/α,β-unsaturated/α-hetero) is 1. The van der Waals surface area contributed by atoms with Crippen molar-refractivity contribution in [3.8, 4) is 11.1 Å². The van der Waals surface area contributed by atoms with E-state index in [2.05, 4.69) is 31.0 Å². The summed E-state index contributed by atoms with van der Waals surface area (Å²) in [6.45, 7) is 4.13. The summed E-state index contributed by atoms with van der Waals surface area (Å²) >= 11 is 7.24. The number of hydrogen-bond donors (Lipinski definition) is 0. The minimum absolute atomic E-state index is 0.00227. The molecule has 0 unspecified atom stereocenters. The van der Waals surface area contributed by atoms with Crippen LogP contribution >= 0.6 is 22.9 Å². The Morgan fingerprint density at radius 2 is 1.87 bits per heavy atom. The minimum Gasteiger partial charge on any atom is -0.303 e. The largest absolute Gasteiger partial charge is 0.303 e. The van der Waals surface area contributed by atoms with Crippen molar-refractivity contribution in [1.29, 1.82) is 0 Å². The van der Waals surface area contributed by atoms with E-state index in [1.807, 2.05) is 28.8 Å². The van der Waals surface area contributed by atoms with Gasteiger partial charge in [-0.2, -0.15) is 0 Å². The van der Waals surface area contributed by atoms with Crippen LogP contribution in [0.25, 0.3) is 16.8 Å². The van der Waals surface area contributed by atoms with Gasteiger partial charge in [0.15, 0.2) is 15.6 Å². The summed E-state index contributed by atoms with van der Waals surface area (Å²) in [5.74, 6) is -0.237. The first-order chi connectivity index (χ1) is 14.2. The molecule has 0 saturated carbocycles. The third-order valence-corrected chi connectivity index (χ3v) is 7.96. The Bertz CT molecular complexity index is 1380. The van der Waals surface area contributed by atoms with Crippen molar-refractivity contribution < 1.29 is 13.2 Å². The van der Waals surface area contributed by atoms with Crippen LogP contribution in [0.1, 0.15) is 26.5 Å². The molecule has 4 aromatic rings. The van der Waals surface area contributed by atoms with E-state index in [0.29, 0.717) is 5.69 Å². The molecular weight excluding hydrogens is 440 g/mol. The van der Waals surface area contributed by atoms with Crippen LogP contribution in [0.2, 0.25) is 5.02 Å². The van der Waals surface area contributed by atoms with E-state index < -0.39 is 9.84 Å². The van der Waals surface area contributed by atoms with E-state index in [1.165, 1.54) is 5.38 Å². The second kappa shape index (κ2) is 7.65. The number of carbonyl (C=O) groups is 1. The molecule has 0 bridgehead atoms. The lowest BCUT2D eigenvalue weighted by Crippen LogP contribution is -2.05. The molecule has 0 saturated heterocycles. The minimum atomic E-state index is -3.48. The van der Waals surface area contributed by atoms with Crippen LogP contribution in [-0.4, -0.2) is 29.8 Å². The molecular formula is C22H19ClN2O3S2. The molecule has 8 heteroatoms. The Kier molecular flexibility index (Phi) is 5.30. The van der Waals surface area contributed by atoms with E-state index in [9.17, 15) is 13.2 Å². The number of fused-ring (bicyclic) bond motifs is 1. The Labute approximate surface area is 183 Å². The molecule has 3 heterocycles. The molecule has 3 aromatic heterocycles. The van der Waals surface area contributed by atoms with E-state index in [0.717, 1.165) is 45.5 Å². The highest BCUT2D eigenvalue weighted by Gasteiger charge is 2.23. The van der Waals surface area contributed by atoms with Gasteiger partial charge < -0.3 is 4.40 Å². The monoisotopic (exact) mass is 458 g/mol. The number of sulfone groups is 1. The third-order valence-electron chi connectivity index (χ3n) is 5.06. The predicted molar refractivity (Wildman–Crippen MR) is 121 cm³/mol.